The Labute approximate surface area is 90.4 Å². The Morgan fingerprint density at radius 2 is 2.00 bits per heavy atom. The van der Waals surface area contributed by atoms with Crippen molar-refractivity contribution in [3.8, 4) is 0 Å². The largest absolute Gasteiger partial charge is 0.481 e. The van der Waals surface area contributed by atoms with Crippen LogP contribution in [0.2, 0.25) is 0 Å². The molecule has 0 radical (unpaired) electrons. The van der Waals surface area contributed by atoms with Crippen LogP contribution in [0.1, 0.15) is 33.1 Å². The molecule has 0 aromatic heterocycles. The summed E-state index contributed by atoms with van der Waals surface area (Å²) in [5.74, 6) is -1.26. The molecule has 86 valence electrons. The van der Waals surface area contributed by atoms with Crippen molar-refractivity contribution in [2.24, 2.45) is 5.92 Å². The van der Waals surface area contributed by atoms with Gasteiger partial charge in [0, 0.05) is 6.04 Å². The van der Waals surface area contributed by atoms with Gasteiger partial charge in [-0.1, -0.05) is 19.9 Å². The molecule has 15 heavy (non-hydrogen) atoms. The summed E-state index contributed by atoms with van der Waals surface area (Å²) in [6.07, 6.45) is 3.46. The van der Waals surface area contributed by atoms with E-state index in [-0.39, 0.29) is 17.9 Å². The Morgan fingerprint density at radius 3 is 2.47 bits per heavy atom. The van der Waals surface area contributed by atoms with Crippen LogP contribution >= 0.6 is 0 Å². The lowest BCUT2D eigenvalue weighted by atomic mass is 10.0. The molecule has 2 N–H and O–H groups in total. The molecule has 0 saturated heterocycles. The lowest BCUT2D eigenvalue weighted by molar-refractivity contribution is -0.141. The summed E-state index contributed by atoms with van der Waals surface area (Å²) in [7, 11) is 0. The molecular formula is C11H19NO3. The molecule has 4 nitrogen and oxygen atoms in total. The molecule has 1 amide bonds. The van der Waals surface area contributed by atoms with E-state index < -0.39 is 5.97 Å². The van der Waals surface area contributed by atoms with Crippen LogP contribution in [0.5, 0.6) is 0 Å². The molecule has 0 aromatic carbocycles. The van der Waals surface area contributed by atoms with Crippen LogP contribution in [-0.2, 0) is 9.59 Å². The standard InChI is InChI=1S/C11H19NO3/c1-4-10(13)12-9(3)7-5-6-8(2)11(14)15/h4,8-9H,1,5-7H2,2-3H3,(H,12,13)(H,14,15). The quantitative estimate of drug-likeness (QED) is 0.631. The topological polar surface area (TPSA) is 66.4 Å². The first-order chi connectivity index (χ1) is 6.97. The minimum absolute atomic E-state index is 0.0662. The van der Waals surface area contributed by atoms with Crippen LogP contribution < -0.4 is 5.32 Å². The van der Waals surface area contributed by atoms with Crippen molar-refractivity contribution in [3.63, 3.8) is 0 Å². The molecule has 0 aromatic rings. The maximum absolute atomic E-state index is 10.9. The number of carbonyl (C=O) groups excluding carboxylic acids is 1. The molecular weight excluding hydrogens is 194 g/mol. The van der Waals surface area contributed by atoms with Gasteiger partial charge in [0.2, 0.25) is 5.91 Å². The van der Waals surface area contributed by atoms with Crippen LogP contribution in [-0.4, -0.2) is 23.0 Å². The molecule has 0 spiro atoms. The van der Waals surface area contributed by atoms with E-state index in [1.165, 1.54) is 6.08 Å². The van der Waals surface area contributed by atoms with Crippen LogP contribution in [0.25, 0.3) is 0 Å². The molecule has 0 aliphatic carbocycles. The highest BCUT2D eigenvalue weighted by Gasteiger charge is 2.11. The second-order valence-corrected chi connectivity index (χ2v) is 3.78. The third-order valence-corrected chi connectivity index (χ3v) is 2.27. The second-order valence-electron chi connectivity index (χ2n) is 3.78. The van der Waals surface area contributed by atoms with E-state index in [0.29, 0.717) is 6.42 Å². The van der Waals surface area contributed by atoms with E-state index in [9.17, 15) is 9.59 Å². The number of carboxylic acid groups (broad SMARTS) is 1. The van der Waals surface area contributed by atoms with E-state index in [1.807, 2.05) is 6.92 Å². The molecule has 0 heterocycles. The Morgan fingerprint density at radius 1 is 1.40 bits per heavy atom. The minimum Gasteiger partial charge on any atom is -0.481 e. The third-order valence-electron chi connectivity index (χ3n) is 2.27. The molecule has 0 aliphatic rings. The van der Waals surface area contributed by atoms with Crippen LogP contribution in [0.3, 0.4) is 0 Å². The number of rotatable bonds is 7. The SMILES string of the molecule is C=CC(=O)NC(C)CCCC(C)C(=O)O. The van der Waals surface area contributed by atoms with Crippen molar-refractivity contribution in [3.05, 3.63) is 12.7 Å². The van der Waals surface area contributed by atoms with Crippen molar-refractivity contribution in [2.45, 2.75) is 39.2 Å². The van der Waals surface area contributed by atoms with E-state index in [0.717, 1.165) is 12.8 Å². The van der Waals surface area contributed by atoms with Gasteiger partial charge in [0.15, 0.2) is 0 Å². The maximum atomic E-state index is 10.9. The number of carboxylic acids is 1. The van der Waals surface area contributed by atoms with Crippen molar-refractivity contribution in [1.29, 1.82) is 0 Å². The van der Waals surface area contributed by atoms with Gasteiger partial charge in [-0.3, -0.25) is 9.59 Å². The summed E-state index contributed by atoms with van der Waals surface area (Å²) in [5.41, 5.74) is 0. The second kappa shape index (κ2) is 7.04. The molecule has 2 atom stereocenters. The number of aliphatic carboxylic acids is 1. The van der Waals surface area contributed by atoms with E-state index in [4.69, 9.17) is 5.11 Å². The Hall–Kier alpha value is -1.32. The first-order valence-electron chi connectivity index (χ1n) is 5.13. The highest BCUT2D eigenvalue weighted by molar-refractivity contribution is 5.87. The van der Waals surface area contributed by atoms with Crippen LogP contribution in [0.4, 0.5) is 0 Å². The van der Waals surface area contributed by atoms with Gasteiger partial charge in [-0.2, -0.15) is 0 Å². The fraction of sp³-hybridized carbons (Fsp3) is 0.636. The summed E-state index contributed by atoms with van der Waals surface area (Å²) < 4.78 is 0. The Balaban J connectivity index is 3.63. The highest BCUT2D eigenvalue weighted by Crippen LogP contribution is 2.09. The summed E-state index contributed by atoms with van der Waals surface area (Å²) in [5, 5.41) is 11.4. The monoisotopic (exact) mass is 213 g/mol. The predicted molar refractivity (Wildman–Crippen MR) is 58.5 cm³/mol. The fourth-order valence-electron chi connectivity index (χ4n) is 1.23. The predicted octanol–water partition coefficient (Wildman–Crippen LogP) is 1.57. The first kappa shape index (κ1) is 13.7. The van der Waals surface area contributed by atoms with Gasteiger partial charge in [0.05, 0.1) is 5.92 Å². The van der Waals surface area contributed by atoms with Crippen molar-refractivity contribution >= 4 is 11.9 Å². The van der Waals surface area contributed by atoms with E-state index in [1.54, 1.807) is 6.92 Å². The van der Waals surface area contributed by atoms with E-state index in [2.05, 4.69) is 11.9 Å². The number of hydrogen-bond donors (Lipinski definition) is 2. The summed E-state index contributed by atoms with van der Waals surface area (Å²) in [6.45, 7) is 6.94. The zero-order valence-corrected chi connectivity index (χ0v) is 9.32. The van der Waals surface area contributed by atoms with Gasteiger partial charge in [-0.05, 0) is 25.8 Å². The van der Waals surface area contributed by atoms with E-state index >= 15 is 0 Å². The normalized spacial score (nSPS) is 14.0. The minimum atomic E-state index is -0.766. The molecule has 0 rings (SSSR count). The molecule has 0 bridgehead atoms. The van der Waals surface area contributed by atoms with Crippen LogP contribution in [0.15, 0.2) is 12.7 Å². The summed E-state index contributed by atoms with van der Waals surface area (Å²) in [4.78, 5) is 21.4. The summed E-state index contributed by atoms with van der Waals surface area (Å²) in [6, 6.07) is 0.0662. The molecule has 4 heteroatoms. The maximum Gasteiger partial charge on any atom is 0.306 e. The van der Waals surface area contributed by atoms with Gasteiger partial charge in [-0.25, -0.2) is 0 Å². The molecule has 2 unspecified atom stereocenters. The first-order valence-corrected chi connectivity index (χ1v) is 5.13. The molecule has 0 saturated carbocycles. The lowest BCUT2D eigenvalue weighted by Crippen LogP contribution is -2.31. The fourth-order valence-corrected chi connectivity index (χ4v) is 1.23. The number of hydrogen-bond acceptors (Lipinski definition) is 2. The van der Waals surface area contributed by atoms with Crippen molar-refractivity contribution in [2.75, 3.05) is 0 Å². The average Bonchev–Trinajstić information content (AvgIpc) is 2.17. The molecule has 0 fully saturated rings. The Kier molecular flexibility index (Phi) is 6.42. The number of amides is 1. The number of nitrogens with one attached hydrogen (secondary N) is 1. The zero-order valence-electron chi connectivity index (χ0n) is 9.32. The smallest absolute Gasteiger partial charge is 0.306 e. The lowest BCUT2D eigenvalue weighted by Gasteiger charge is -2.13. The van der Waals surface area contributed by atoms with Crippen molar-refractivity contribution in [1.82, 2.24) is 5.32 Å². The van der Waals surface area contributed by atoms with Crippen molar-refractivity contribution < 1.29 is 14.7 Å². The number of carbonyl (C=O) groups is 2. The van der Waals surface area contributed by atoms with Gasteiger partial charge in [0.25, 0.3) is 0 Å². The van der Waals surface area contributed by atoms with Crippen LogP contribution in [0, 0.1) is 5.92 Å². The average molecular weight is 213 g/mol. The third kappa shape index (κ3) is 6.71. The van der Waals surface area contributed by atoms with Gasteiger partial charge in [-0.15, -0.1) is 0 Å². The van der Waals surface area contributed by atoms with Gasteiger partial charge in [0.1, 0.15) is 0 Å². The zero-order chi connectivity index (χ0) is 11.8. The van der Waals surface area contributed by atoms with Gasteiger partial charge >= 0.3 is 5.97 Å². The Bertz CT molecular complexity index is 238. The van der Waals surface area contributed by atoms with Gasteiger partial charge < -0.3 is 10.4 Å². The molecule has 0 aliphatic heterocycles. The summed E-state index contributed by atoms with van der Waals surface area (Å²) >= 11 is 0. The highest BCUT2D eigenvalue weighted by atomic mass is 16.4.